The summed E-state index contributed by atoms with van der Waals surface area (Å²) in [6.07, 6.45) is 0. The van der Waals surface area contributed by atoms with Gasteiger partial charge in [0.15, 0.2) is 11.5 Å². The third kappa shape index (κ3) is 4.39. The first kappa shape index (κ1) is 23.4. The molecule has 1 aliphatic rings. The molecule has 184 valence electrons. The van der Waals surface area contributed by atoms with Crippen LogP contribution >= 0.6 is 11.3 Å². The smallest absolute Gasteiger partial charge is 0.230 e. The molecule has 5 rings (SSSR count). The molecule has 0 aliphatic carbocycles. The molecule has 1 atom stereocenters. The number of ether oxygens (including phenoxy) is 2. The van der Waals surface area contributed by atoms with Crippen LogP contribution in [0.3, 0.4) is 0 Å². The molecule has 8 nitrogen and oxygen atoms in total. The topological polar surface area (TPSA) is 75.4 Å². The maximum Gasteiger partial charge on any atom is 0.230 e. The third-order valence-corrected chi connectivity index (χ3v) is 7.30. The number of hydrogen-bond acceptors (Lipinski definition) is 8. The molecule has 1 saturated heterocycles. The summed E-state index contributed by atoms with van der Waals surface area (Å²) in [5.41, 5.74) is 1.57. The number of aryl methyl sites for hydroxylation is 1. The van der Waals surface area contributed by atoms with Crippen LogP contribution in [0.15, 0.2) is 42.5 Å². The number of rotatable bonds is 7. The van der Waals surface area contributed by atoms with E-state index in [1.165, 1.54) is 21.9 Å². The summed E-state index contributed by atoms with van der Waals surface area (Å²) in [5, 5.41) is 15.5. The molecule has 10 heteroatoms. The number of hydrogen-bond donors (Lipinski definition) is 1. The number of benzene rings is 2. The number of para-hydroxylation sites is 1. The van der Waals surface area contributed by atoms with Gasteiger partial charge in [-0.3, -0.25) is 4.90 Å². The van der Waals surface area contributed by atoms with Crippen molar-refractivity contribution in [1.82, 2.24) is 19.5 Å². The van der Waals surface area contributed by atoms with Gasteiger partial charge in [0.25, 0.3) is 0 Å². The maximum atomic E-state index is 14.4. The first-order chi connectivity index (χ1) is 17.0. The lowest BCUT2D eigenvalue weighted by atomic mass is 10.0. The number of thiazole rings is 1. The van der Waals surface area contributed by atoms with Crippen LogP contribution in [-0.2, 0) is 0 Å². The fraction of sp³-hybridized carbons (Fsp3) is 0.360. The Bertz CT molecular complexity index is 1330. The van der Waals surface area contributed by atoms with Crippen molar-refractivity contribution in [3.8, 4) is 17.4 Å². The predicted octanol–water partition coefficient (Wildman–Crippen LogP) is 4.26. The van der Waals surface area contributed by atoms with E-state index in [1.807, 2.05) is 37.3 Å². The highest BCUT2D eigenvalue weighted by atomic mass is 32.1. The number of aromatic hydroxyl groups is 1. The second kappa shape index (κ2) is 9.71. The highest BCUT2D eigenvalue weighted by Gasteiger charge is 2.32. The lowest BCUT2D eigenvalue weighted by molar-refractivity contribution is 0.210. The number of piperazine rings is 1. The molecule has 2 aromatic heterocycles. The summed E-state index contributed by atoms with van der Waals surface area (Å²) >= 11 is 1.42. The van der Waals surface area contributed by atoms with Gasteiger partial charge in [-0.1, -0.05) is 29.5 Å². The monoisotopic (exact) mass is 497 g/mol. The van der Waals surface area contributed by atoms with E-state index in [0.29, 0.717) is 60.8 Å². The Labute approximate surface area is 207 Å². The van der Waals surface area contributed by atoms with Crippen molar-refractivity contribution in [2.75, 3.05) is 44.8 Å². The molecule has 1 N–H and O–H groups in total. The van der Waals surface area contributed by atoms with E-state index in [-0.39, 0.29) is 17.7 Å². The molecule has 0 amide bonds. The summed E-state index contributed by atoms with van der Waals surface area (Å²) < 4.78 is 27.2. The summed E-state index contributed by atoms with van der Waals surface area (Å²) in [4.78, 5) is 10.2. The number of fused-ring (bicyclic) bond motifs is 1. The molecular formula is C25H28FN5O3S. The van der Waals surface area contributed by atoms with E-state index < -0.39 is 0 Å². The summed E-state index contributed by atoms with van der Waals surface area (Å²) in [5.74, 6) is 1.78. The largest absolute Gasteiger partial charge is 0.493 e. The minimum atomic E-state index is -0.254. The van der Waals surface area contributed by atoms with Crippen molar-refractivity contribution in [3.63, 3.8) is 0 Å². The number of nitrogens with zero attached hydrogens (tertiary/aromatic N) is 5. The average molecular weight is 498 g/mol. The Morgan fingerprint density at radius 2 is 1.89 bits per heavy atom. The first-order valence-electron chi connectivity index (χ1n) is 11.6. The van der Waals surface area contributed by atoms with Gasteiger partial charge < -0.3 is 19.5 Å². The molecule has 0 unspecified atom stereocenters. The number of halogens is 1. The minimum Gasteiger partial charge on any atom is -0.493 e. The predicted molar refractivity (Wildman–Crippen MR) is 133 cm³/mol. The van der Waals surface area contributed by atoms with Crippen LogP contribution in [0.5, 0.6) is 17.4 Å². The van der Waals surface area contributed by atoms with Gasteiger partial charge in [0, 0.05) is 26.2 Å². The van der Waals surface area contributed by atoms with Gasteiger partial charge in [0.2, 0.25) is 10.8 Å². The molecule has 35 heavy (non-hydrogen) atoms. The van der Waals surface area contributed by atoms with Crippen LogP contribution in [0.4, 0.5) is 10.1 Å². The number of methoxy groups -OCH3 is 1. The SMILES string of the molecule is CCOc1ccc([C@@H](c2sc3nc(C)nn3c2O)N2CCN(c3ccccc3F)CC2)cc1OC. The van der Waals surface area contributed by atoms with Crippen LogP contribution in [0, 0.1) is 12.7 Å². The van der Waals surface area contributed by atoms with Gasteiger partial charge in [-0.15, -0.1) is 5.10 Å². The Balaban J connectivity index is 1.51. The Hall–Kier alpha value is -3.37. The highest BCUT2D eigenvalue weighted by molar-refractivity contribution is 7.17. The Morgan fingerprint density at radius 1 is 1.11 bits per heavy atom. The highest BCUT2D eigenvalue weighted by Crippen LogP contribution is 2.42. The molecule has 1 fully saturated rings. The van der Waals surface area contributed by atoms with E-state index in [4.69, 9.17) is 9.47 Å². The van der Waals surface area contributed by atoms with Crippen molar-refractivity contribution >= 4 is 22.0 Å². The summed E-state index contributed by atoms with van der Waals surface area (Å²) in [6, 6.07) is 12.5. The molecule has 0 spiro atoms. The lowest BCUT2D eigenvalue weighted by Gasteiger charge is -2.40. The molecule has 0 saturated carbocycles. The van der Waals surface area contributed by atoms with Crippen molar-refractivity contribution in [2.24, 2.45) is 0 Å². The molecule has 0 bridgehead atoms. The van der Waals surface area contributed by atoms with Crippen LogP contribution in [0.25, 0.3) is 4.96 Å². The lowest BCUT2D eigenvalue weighted by Crippen LogP contribution is -2.48. The van der Waals surface area contributed by atoms with Gasteiger partial charge in [-0.2, -0.15) is 4.52 Å². The van der Waals surface area contributed by atoms with Gasteiger partial charge in [0.05, 0.1) is 30.3 Å². The normalized spacial score (nSPS) is 15.5. The van der Waals surface area contributed by atoms with Gasteiger partial charge in [-0.05, 0) is 43.7 Å². The summed E-state index contributed by atoms with van der Waals surface area (Å²) in [6.45, 7) is 6.94. The van der Waals surface area contributed by atoms with E-state index in [2.05, 4.69) is 19.9 Å². The maximum absolute atomic E-state index is 14.4. The van der Waals surface area contributed by atoms with E-state index in [1.54, 1.807) is 20.1 Å². The van der Waals surface area contributed by atoms with Crippen LogP contribution in [0.2, 0.25) is 0 Å². The van der Waals surface area contributed by atoms with Crippen molar-refractivity contribution in [2.45, 2.75) is 19.9 Å². The summed E-state index contributed by atoms with van der Waals surface area (Å²) in [7, 11) is 1.62. The first-order valence-corrected chi connectivity index (χ1v) is 12.4. The molecule has 4 aromatic rings. The van der Waals surface area contributed by atoms with Gasteiger partial charge >= 0.3 is 0 Å². The Morgan fingerprint density at radius 3 is 2.57 bits per heavy atom. The van der Waals surface area contributed by atoms with Crippen LogP contribution in [0.1, 0.15) is 29.2 Å². The van der Waals surface area contributed by atoms with E-state index >= 15 is 0 Å². The second-order valence-electron chi connectivity index (χ2n) is 8.36. The standard InChI is InChI=1S/C25H28FN5O3S/c1-4-34-20-10-9-17(15-21(20)33-3)22(23-24(32)31-25(35-23)27-16(2)28-31)30-13-11-29(12-14-30)19-8-6-5-7-18(19)26/h5-10,15,22,32H,4,11-14H2,1-3H3/t22-/m0/s1. The number of aromatic nitrogens is 3. The van der Waals surface area contributed by atoms with Crippen molar-refractivity contribution < 1.29 is 19.0 Å². The molecule has 3 heterocycles. The molecule has 0 radical (unpaired) electrons. The molecule has 2 aromatic carbocycles. The minimum absolute atomic E-state index is 0.0833. The third-order valence-electron chi connectivity index (χ3n) is 6.23. The fourth-order valence-electron chi connectivity index (χ4n) is 4.61. The van der Waals surface area contributed by atoms with Crippen LogP contribution in [-0.4, -0.2) is 64.5 Å². The number of anilines is 1. The molecule has 1 aliphatic heterocycles. The second-order valence-corrected chi connectivity index (χ2v) is 9.37. The zero-order valence-corrected chi connectivity index (χ0v) is 20.8. The zero-order chi connectivity index (χ0) is 24.5. The van der Waals surface area contributed by atoms with Crippen molar-refractivity contribution in [1.29, 1.82) is 0 Å². The quantitative estimate of drug-likeness (QED) is 0.409. The van der Waals surface area contributed by atoms with Crippen LogP contribution < -0.4 is 14.4 Å². The fourth-order valence-corrected chi connectivity index (χ4v) is 5.78. The van der Waals surface area contributed by atoms with Gasteiger partial charge in [0.1, 0.15) is 11.6 Å². The zero-order valence-electron chi connectivity index (χ0n) is 19.9. The van der Waals surface area contributed by atoms with E-state index in [9.17, 15) is 9.50 Å². The Kier molecular flexibility index (Phi) is 6.48. The van der Waals surface area contributed by atoms with Gasteiger partial charge in [-0.25, -0.2) is 9.37 Å². The van der Waals surface area contributed by atoms with Crippen molar-refractivity contribution in [3.05, 3.63) is 64.5 Å². The average Bonchev–Trinajstić information content (AvgIpc) is 3.37. The molecular weight excluding hydrogens is 469 g/mol. The van der Waals surface area contributed by atoms with E-state index in [0.717, 1.165) is 10.4 Å².